The van der Waals surface area contributed by atoms with Crippen LogP contribution >= 0.6 is 0 Å². The first-order valence-electron chi connectivity index (χ1n) is 7.90. The fourth-order valence-electron chi connectivity index (χ4n) is 2.08. The van der Waals surface area contributed by atoms with Crippen LogP contribution in [0.1, 0.15) is 18.4 Å². The van der Waals surface area contributed by atoms with E-state index in [2.05, 4.69) is 10.6 Å². The van der Waals surface area contributed by atoms with E-state index in [1.807, 2.05) is 25.1 Å². The van der Waals surface area contributed by atoms with Crippen molar-refractivity contribution in [2.24, 2.45) is 0 Å². The first-order chi connectivity index (χ1) is 12.0. The zero-order valence-corrected chi connectivity index (χ0v) is 14.0. The molecule has 0 heterocycles. The Bertz CT molecular complexity index is 744. The Balaban J connectivity index is 1.67. The monoisotopic (exact) mass is 340 g/mol. The standard InChI is InChI=1S/C19H20N2O4/c1-14-7-5-6-10-16(14)21-18(23)13-25-19(24)12-11-17(22)20-15-8-3-2-4-9-15/h2-10H,11-13H2,1H3,(H,20,22)(H,21,23). The molecule has 0 aliphatic carbocycles. The summed E-state index contributed by atoms with van der Waals surface area (Å²) in [5.41, 5.74) is 2.25. The molecule has 130 valence electrons. The third kappa shape index (κ3) is 6.47. The van der Waals surface area contributed by atoms with Crippen molar-refractivity contribution in [1.29, 1.82) is 0 Å². The number of rotatable bonds is 7. The first kappa shape index (κ1) is 18.2. The molecule has 0 saturated heterocycles. The summed E-state index contributed by atoms with van der Waals surface area (Å²) < 4.78 is 4.89. The number of hydrogen-bond acceptors (Lipinski definition) is 4. The molecule has 6 heteroatoms. The summed E-state index contributed by atoms with van der Waals surface area (Å²) in [6.45, 7) is 1.49. The van der Waals surface area contributed by atoms with E-state index in [-0.39, 0.29) is 25.4 Å². The van der Waals surface area contributed by atoms with Gasteiger partial charge in [-0.3, -0.25) is 14.4 Å². The number of hydrogen-bond donors (Lipinski definition) is 2. The zero-order valence-electron chi connectivity index (χ0n) is 14.0. The molecular formula is C19H20N2O4. The lowest BCUT2D eigenvalue weighted by molar-refractivity contribution is -0.147. The zero-order chi connectivity index (χ0) is 18.1. The molecule has 6 nitrogen and oxygen atoms in total. The van der Waals surface area contributed by atoms with Crippen LogP contribution in [0.3, 0.4) is 0 Å². The van der Waals surface area contributed by atoms with E-state index in [0.717, 1.165) is 5.56 Å². The molecule has 0 bridgehead atoms. The van der Waals surface area contributed by atoms with Crippen LogP contribution < -0.4 is 10.6 Å². The summed E-state index contributed by atoms with van der Waals surface area (Å²) in [5, 5.41) is 5.34. The van der Waals surface area contributed by atoms with E-state index in [4.69, 9.17) is 4.74 Å². The van der Waals surface area contributed by atoms with Gasteiger partial charge in [-0.1, -0.05) is 36.4 Å². The highest BCUT2D eigenvalue weighted by Crippen LogP contribution is 2.12. The van der Waals surface area contributed by atoms with Gasteiger partial charge < -0.3 is 15.4 Å². The van der Waals surface area contributed by atoms with Crippen LogP contribution in [0.15, 0.2) is 54.6 Å². The van der Waals surface area contributed by atoms with Gasteiger partial charge in [0.2, 0.25) is 5.91 Å². The number of carbonyl (C=O) groups excluding carboxylic acids is 3. The fraction of sp³-hybridized carbons (Fsp3) is 0.211. The molecule has 0 fully saturated rings. The molecule has 0 aromatic heterocycles. The van der Waals surface area contributed by atoms with Crippen molar-refractivity contribution < 1.29 is 19.1 Å². The summed E-state index contributed by atoms with van der Waals surface area (Å²) in [6, 6.07) is 16.3. The van der Waals surface area contributed by atoms with Crippen LogP contribution in [0.25, 0.3) is 0 Å². The summed E-state index contributed by atoms with van der Waals surface area (Å²) in [6.07, 6.45) is -0.0938. The number of carbonyl (C=O) groups is 3. The maximum atomic E-state index is 11.8. The summed E-state index contributed by atoms with van der Waals surface area (Å²) in [7, 11) is 0. The predicted octanol–water partition coefficient (Wildman–Crippen LogP) is 2.90. The number of esters is 1. The minimum Gasteiger partial charge on any atom is -0.456 e. The van der Waals surface area contributed by atoms with Crippen molar-refractivity contribution in [1.82, 2.24) is 0 Å². The molecule has 0 radical (unpaired) electrons. The highest BCUT2D eigenvalue weighted by Gasteiger charge is 2.11. The van der Waals surface area contributed by atoms with Crippen LogP contribution in [0, 0.1) is 6.92 Å². The number of ether oxygens (including phenoxy) is 1. The van der Waals surface area contributed by atoms with Gasteiger partial charge in [0.25, 0.3) is 5.91 Å². The highest BCUT2D eigenvalue weighted by atomic mass is 16.5. The summed E-state index contributed by atoms with van der Waals surface area (Å²) >= 11 is 0. The number of nitrogens with one attached hydrogen (secondary N) is 2. The number of amides is 2. The lowest BCUT2D eigenvalue weighted by Gasteiger charge is -2.09. The maximum Gasteiger partial charge on any atom is 0.306 e. The normalized spacial score (nSPS) is 9.96. The third-order valence-corrected chi connectivity index (χ3v) is 3.40. The van der Waals surface area contributed by atoms with Crippen molar-refractivity contribution >= 4 is 29.2 Å². The summed E-state index contributed by atoms with van der Waals surface area (Å²) in [5.74, 6) is -1.30. The van der Waals surface area contributed by atoms with Crippen molar-refractivity contribution in [2.75, 3.05) is 17.2 Å². The van der Waals surface area contributed by atoms with Crippen molar-refractivity contribution in [3.63, 3.8) is 0 Å². The van der Waals surface area contributed by atoms with E-state index in [1.165, 1.54) is 0 Å². The van der Waals surface area contributed by atoms with Crippen molar-refractivity contribution in [3.8, 4) is 0 Å². The number of para-hydroxylation sites is 2. The lowest BCUT2D eigenvalue weighted by Crippen LogP contribution is -2.22. The molecule has 2 rings (SSSR count). The molecule has 2 N–H and O–H groups in total. The van der Waals surface area contributed by atoms with E-state index in [0.29, 0.717) is 11.4 Å². The van der Waals surface area contributed by atoms with E-state index < -0.39 is 11.9 Å². The second-order valence-electron chi connectivity index (χ2n) is 5.44. The van der Waals surface area contributed by atoms with Gasteiger partial charge in [-0.15, -0.1) is 0 Å². The minimum atomic E-state index is -0.594. The number of anilines is 2. The second-order valence-corrected chi connectivity index (χ2v) is 5.44. The van der Waals surface area contributed by atoms with Gasteiger partial charge in [-0.05, 0) is 30.7 Å². The van der Waals surface area contributed by atoms with Crippen LogP contribution in [0.4, 0.5) is 11.4 Å². The van der Waals surface area contributed by atoms with Crippen molar-refractivity contribution in [3.05, 3.63) is 60.2 Å². The average molecular weight is 340 g/mol. The molecule has 0 spiro atoms. The molecule has 0 aliphatic rings. The van der Waals surface area contributed by atoms with Crippen LogP contribution in [-0.4, -0.2) is 24.4 Å². The van der Waals surface area contributed by atoms with Crippen LogP contribution in [-0.2, 0) is 19.1 Å². The van der Waals surface area contributed by atoms with Gasteiger partial charge in [0.05, 0.1) is 6.42 Å². The van der Waals surface area contributed by atoms with Crippen LogP contribution in [0.5, 0.6) is 0 Å². The Kier molecular flexibility index (Phi) is 6.71. The molecule has 0 atom stereocenters. The minimum absolute atomic E-state index is 0.00681. The Morgan fingerprint density at radius 2 is 1.52 bits per heavy atom. The van der Waals surface area contributed by atoms with E-state index in [9.17, 15) is 14.4 Å². The van der Waals surface area contributed by atoms with E-state index in [1.54, 1.807) is 36.4 Å². The van der Waals surface area contributed by atoms with Gasteiger partial charge in [0, 0.05) is 17.8 Å². The molecule has 0 unspecified atom stereocenters. The smallest absolute Gasteiger partial charge is 0.306 e. The van der Waals surface area contributed by atoms with Gasteiger partial charge in [0.15, 0.2) is 6.61 Å². The molecule has 0 aliphatic heterocycles. The first-order valence-corrected chi connectivity index (χ1v) is 7.90. The molecule has 2 aromatic rings. The van der Waals surface area contributed by atoms with Gasteiger partial charge in [0.1, 0.15) is 0 Å². The quantitative estimate of drug-likeness (QED) is 0.759. The molecule has 0 saturated carbocycles. The summed E-state index contributed by atoms with van der Waals surface area (Å²) in [4.78, 5) is 35.2. The maximum absolute atomic E-state index is 11.8. The van der Waals surface area contributed by atoms with Gasteiger partial charge >= 0.3 is 5.97 Å². The molecule has 2 aromatic carbocycles. The molecule has 2 amide bonds. The Morgan fingerprint density at radius 3 is 2.24 bits per heavy atom. The number of aryl methyl sites for hydroxylation is 1. The third-order valence-electron chi connectivity index (χ3n) is 3.40. The highest BCUT2D eigenvalue weighted by molar-refractivity contribution is 5.94. The Hall–Kier alpha value is -3.15. The number of benzene rings is 2. The average Bonchev–Trinajstić information content (AvgIpc) is 2.61. The topological polar surface area (TPSA) is 84.5 Å². The van der Waals surface area contributed by atoms with Gasteiger partial charge in [-0.2, -0.15) is 0 Å². The van der Waals surface area contributed by atoms with E-state index >= 15 is 0 Å². The van der Waals surface area contributed by atoms with Gasteiger partial charge in [-0.25, -0.2) is 0 Å². The molecular weight excluding hydrogens is 320 g/mol. The largest absolute Gasteiger partial charge is 0.456 e. The lowest BCUT2D eigenvalue weighted by atomic mass is 10.2. The predicted molar refractivity (Wildman–Crippen MR) is 95.1 cm³/mol. The van der Waals surface area contributed by atoms with Crippen molar-refractivity contribution in [2.45, 2.75) is 19.8 Å². The second kappa shape index (κ2) is 9.22. The fourth-order valence-corrected chi connectivity index (χ4v) is 2.08. The molecule has 25 heavy (non-hydrogen) atoms. The Morgan fingerprint density at radius 1 is 0.840 bits per heavy atom. The SMILES string of the molecule is Cc1ccccc1NC(=O)COC(=O)CCC(=O)Nc1ccccc1. The Labute approximate surface area is 146 Å². The van der Waals surface area contributed by atoms with Crippen LogP contribution in [0.2, 0.25) is 0 Å².